The summed E-state index contributed by atoms with van der Waals surface area (Å²) in [5.41, 5.74) is 2.35. The van der Waals surface area contributed by atoms with Crippen molar-refractivity contribution in [2.75, 3.05) is 0 Å². The summed E-state index contributed by atoms with van der Waals surface area (Å²) in [6.07, 6.45) is 0. The van der Waals surface area contributed by atoms with Crippen LogP contribution in [0.1, 0.15) is 22.3 Å². The Kier molecular flexibility index (Phi) is 2.47. The molecule has 1 rings (SSSR count). The lowest BCUT2D eigenvalue weighted by molar-refractivity contribution is -0.386. The van der Waals surface area contributed by atoms with E-state index in [0.29, 0.717) is 22.3 Å². The predicted octanol–water partition coefficient (Wildman–Crippen LogP) is 2.53. The van der Waals surface area contributed by atoms with Crippen LogP contribution in [-0.2, 0) is 0 Å². The van der Waals surface area contributed by atoms with Crippen molar-refractivity contribution in [3.8, 4) is 5.75 Å². The number of hydrogen-bond acceptors (Lipinski definition) is 3. The van der Waals surface area contributed by atoms with Crippen LogP contribution in [0.3, 0.4) is 0 Å². The Balaban J connectivity index is 3.68. The first kappa shape index (κ1) is 10.5. The summed E-state index contributed by atoms with van der Waals surface area (Å²) in [6.45, 7) is 6.67. The molecule has 0 aromatic heterocycles. The fourth-order valence-corrected chi connectivity index (χ4v) is 1.55. The molecule has 0 spiro atoms. The molecule has 0 unspecified atom stereocenters. The molecule has 0 radical (unpaired) electrons. The summed E-state index contributed by atoms with van der Waals surface area (Å²) in [6, 6.07) is 0. The van der Waals surface area contributed by atoms with E-state index in [1.54, 1.807) is 27.7 Å². The molecule has 0 fully saturated rings. The molecular formula is C10H13NO3. The van der Waals surface area contributed by atoms with E-state index in [0.717, 1.165) is 0 Å². The summed E-state index contributed by atoms with van der Waals surface area (Å²) < 4.78 is 0. The standard InChI is InChI=1S/C10H13NO3/c1-5-7(3)10(12)8(4)6(2)9(5)11(13)14/h12H,1-4H3. The fourth-order valence-electron chi connectivity index (χ4n) is 1.55. The van der Waals surface area contributed by atoms with E-state index in [1.807, 2.05) is 0 Å². The van der Waals surface area contributed by atoms with Gasteiger partial charge in [-0.25, -0.2) is 0 Å². The second-order valence-electron chi connectivity index (χ2n) is 3.45. The van der Waals surface area contributed by atoms with Gasteiger partial charge in [0.05, 0.1) is 4.92 Å². The first-order valence-corrected chi connectivity index (χ1v) is 4.31. The maximum absolute atomic E-state index is 10.8. The summed E-state index contributed by atoms with van der Waals surface area (Å²) in [4.78, 5) is 10.4. The zero-order valence-corrected chi connectivity index (χ0v) is 8.71. The van der Waals surface area contributed by atoms with Crippen LogP contribution in [0.25, 0.3) is 0 Å². The van der Waals surface area contributed by atoms with E-state index in [1.165, 1.54) is 0 Å². The van der Waals surface area contributed by atoms with Gasteiger partial charge >= 0.3 is 0 Å². The molecular weight excluding hydrogens is 182 g/mol. The van der Waals surface area contributed by atoms with Crippen molar-refractivity contribution in [3.05, 3.63) is 32.4 Å². The van der Waals surface area contributed by atoms with E-state index in [-0.39, 0.29) is 11.4 Å². The Labute approximate surface area is 82.3 Å². The van der Waals surface area contributed by atoms with E-state index in [4.69, 9.17) is 0 Å². The van der Waals surface area contributed by atoms with Crippen molar-refractivity contribution in [1.29, 1.82) is 0 Å². The molecule has 0 heterocycles. The van der Waals surface area contributed by atoms with Gasteiger partial charge < -0.3 is 5.11 Å². The van der Waals surface area contributed by atoms with Gasteiger partial charge in [-0.3, -0.25) is 10.1 Å². The van der Waals surface area contributed by atoms with Gasteiger partial charge in [-0.1, -0.05) is 0 Å². The number of aromatic hydroxyl groups is 1. The quantitative estimate of drug-likeness (QED) is 0.553. The van der Waals surface area contributed by atoms with Crippen molar-refractivity contribution in [2.45, 2.75) is 27.7 Å². The number of phenols is 1. The molecule has 0 aliphatic carbocycles. The van der Waals surface area contributed by atoms with Crippen molar-refractivity contribution in [1.82, 2.24) is 0 Å². The molecule has 0 saturated heterocycles. The molecule has 4 heteroatoms. The summed E-state index contributed by atoms with van der Waals surface area (Å²) in [5, 5.41) is 20.4. The van der Waals surface area contributed by atoms with E-state index >= 15 is 0 Å². The number of nitro benzene ring substituents is 1. The molecule has 0 atom stereocenters. The van der Waals surface area contributed by atoms with Crippen LogP contribution in [0.4, 0.5) is 5.69 Å². The number of hydrogen-bond donors (Lipinski definition) is 1. The van der Waals surface area contributed by atoms with Crippen LogP contribution < -0.4 is 0 Å². The SMILES string of the molecule is Cc1c(C)c([N+](=O)[O-])c(C)c(C)c1O. The molecule has 0 amide bonds. The van der Waals surface area contributed by atoms with Gasteiger partial charge in [0, 0.05) is 22.3 Å². The van der Waals surface area contributed by atoms with Gasteiger partial charge in [0.25, 0.3) is 5.69 Å². The predicted molar refractivity (Wildman–Crippen MR) is 53.7 cm³/mol. The van der Waals surface area contributed by atoms with Gasteiger partial charge in [-0.2, -0.15) is 0 Å². The Bertz CT molecular complexity index is 381. The zero-order chi connectivity index (χ0) is 11.0. The van der Waals surface area contributed by atoms with Crippen LogP contribution in [0, 0.1) is 37.8 Å². The fraction of sp³-hybridized carbons (Fsp3) is 0.400. The molecule has 0 aliphatic rings. The average molecular weight is 195 g/mol. The normalized spacial score (nSPS) is 10.3. The molecule has 0 saturated carbocycles. The van der Waals surface area contributed by atoms with Crippen LogP contribution in [0.15, 0.2) is 0 Å². The topological polar surface area (TPSA) is 63.4 Å². The van der Waals surface area contributed by atoms with E-state index in [9.17, 15) is 15.2 Å². The van der Waals surface area contributed by atoms with Crippen LogP contribution in [-0.4, -0.2) is 10.0 Å². The van der Waals surface area contributed by atoms with Crippen LogP contribution >= 0.6 is 0 Å². The minimum Gasteiger partial charge on any atom is -0.507 e. The lowest BCUT2D eigenvalue weighted by Crippen LogP contribution is -2.00. The highest BCUT2D eigenvalue weighted by Gasteiger charge is 2.21. The summed E-state index contributed by atoms with van der Waals surface area (Å²) in [7, 11) is 0. The summed E-state index contributed by atoms with van der Waals surface area (Å²) in [5.74, 6) is 0.158. The first-order chi connectivity index (χ1) is 6.37. The van der Waals surface area contributed by atoms with Crippen molar-refractivity contribution < 1.29 is 10.0 Å². The first-order valence-electron chi connectivity index (χ1n) is 4.31. The van der Waals surface area contributed by atoms with Gasteiger partial charge in [0.15, 0.2) is 0 Å². The smallest absolute Gasteiger partial charge is 0.275 e. The highest BCUT2D eigenvalue weighted by Crippen LogP contribution is 2.35. The van der Waals surface area contributed by atoms with Crippen LogP contribution in [0.2, 0.25) is 0 Å². The third-order valence-electron chi connectivity index (χ3n) is 2.73. The van der Waals surface area contributed by atoms with Crippen molar-refractivity contribution >= 4 is 5.69 Å². The number of rotatable bonds is 1. The maximum atomic E-state index is 10.8. The van der Waals surface area contributed by atoms with Crippen molar-refractivity contribution in [3.63, 3.8) is 0 Å². The molecule has 4 nitrogen and oxygen atoms in total. The van der Waals surface area contributed by atoms with Gasteiger partial charge in [0.1, 0.15) is 5.75 Å². The van der Waals surface area contributed by atoms with Gasteiger partial charge in [0.2, 0.25) is 0 Å². The second-order valence-corrected chi connectivity index (χ2v) is 3.45. The van der Waals surface area contributed by atoms with Gasteiger partial charge in [-0.05, 0) is 27.7 Å². The molecule has 76 valence electrons. The van der Waals surface area contributed by atoms with E-state index < -0.39 is 4.92 Å². The summed E-state index contributed by atoms with van der Waals surface area (Å²) >= 11 is 0. The minimum absolute atomic E-state index is 0.109. The lowest BCUT2D eigenvalue weighted by Gasteiger charge is -2.10. The largest absolute Gasteiger partial charge is 0.507 e. The second kappa shape index (κ2) is 3.29. The third kappa shape index (κ3) is 1.32. The molecule has 14 heavy (non-hydrogen) atoms. The highest BCUT2D eigenvalue weighted by atomic mass is 16.6. The molecule has 1 N–H and O–H groups in total. The highest BCUT2D eigenvalue weighted by molar-refractivity contribution is 5.60. The van der Waals surface area contributed by atoms with Gasteiger partial charge in [-0.15, -0.1) is 0 Å². The molecule has 1 aromatic rings. The Morgan fingerprint density at radius 2 is 1.36 bits per heavy atom. The molecule has 1 aromatic carbocycles. The Morgan fingerprint density at radius 3 is 1.64 bits per heavy atom. The maximum Gasteiger partial charge on any atom is 0.275 e. The molecule has 0 aliphatic heterocycles. The number of nitro groups is 1. The number of benzene rings is 1. The number of nitrogens with zero attached hydrogens (tertiary/aromatic N) is 1. The zero-order valence-electron chi connectivity index (χ0n) is 8.71. The van der Waals surface area contributed by atoms with Crippen LogP contribution in [0.5, 0.6) is 5.75 Å². The Hall–Kier alpha value is -1.58. The average Bonchev–Trinajstić information content (AvgIpc) is 2.11. The Morgan fingerprint density at radius 1 is 1.00 bits per heavy atom. The lowest BCUT2D eigenvalue weighted by atomic mass is 9.97. The monoisotopic (exact) mass is 195 g/mol. The molecule has 0 bridgehead atoms. The van der Waals surface area contributed by atoms with Crippen molar-refractivity contribution in [2.24, 2.45) is 0 Å². The third-order valence-corrected chi connectivity index (χ3v) is 2.73. The van der Waals surface area contributed by atoms with E-state index in [2.05, 4.69) is 0 Å². The minimum atomic E-state index is -0.399. The number of phenolic OH excluding ortho intramolecular Hbond substituents is 1.